The van der Waals surface area contributed by atoms with Crippen LogP contribution in [0, 0.1) is 0 Å². The number of piperazine rings is 1. The highest BCUT2D eigenvalue weighted by Gasteiger charge is 2.42. The number of hydrogen-bond donors (Lipinski definition) is 3. The van der Waals surface area contributed by atoms with Gasteiger partial charge in [0.15, 0.2) is 0 Å². The lowest BCUT2D eigenvalue weighted by molar-refractivity contribution is -0.274. The van der Waals surface area contributed by atoms with Gasteiger partial charge in [0.25, 0.3) is 5.92 Å². The van der Waals surface area contributed by atoms with Gasteiger partial charge in [0, 0.05) is 38.2 Å². The Balaban J connectivity index is 1.54. The molecule has 0 unspecified atom stereocenters. The number of nitrogens with zero attached hydrogens (tertiary/aromatic N) is 4. The molecular formula is C25H26F5N7O5S. The molecule has 0 bridgehead atoms. The van der Waals surface area contributed by atoms with Crippen molar-refractivity contribution in [1.29, 1.82) is 0 Å². The average molecular weight is 632 g/mol. The quantitative estimate of drug-likeness (QED) is 0.307. The molecule has 4 rings (SSSR count). The van der Waals surface area contributed by atoms with E-state index < -0.39 is 63.9 Å². The molecule has 2 heterocycles. The van der Waals surface area contributed by atoms with Crippen molar-refractivity contribution in [2.75, 3.05) is 25.0 Å². The van der Waals surface area contributed by atoms with E-state index in [0.717, 1.165) is 28.6 Å². The molecule has 3 aromatic rings. The van der Waals surface area contributed by atoms with Gasteiger partial charge in [0.05, 0.1) is 4.90 Å². The van der Waals surface area contributed by atoms with Crippen LogP contribution in [0.15, 0.2) is 59.8 Å². The molecule has 18 heteroatoms. The Morgan fingerprint density at radius 1 is 1.05 bits per heavy atom. The van der Waals surface area contributed by atoms with Crippen LogP contribution in [0.25, 0.3) is 0 Å². The van der Waals surface area contributed by atoms with Crippen LogP contribution in [0.5, 0.6) is 5.75 Å². The third kappa shape index (κ3) is 7.75. The standard InChI is InChI=1S/C25H26F5N7O5S/c1-2-24(26,27)17-5-3-16(4-6-17)13-31-21(38)20-14-36(23(39)34-22-32-15-33-35-22)11-12-37(20)43(40,41)19-9-7-18(8-10-19)42-25(28,29)30/h3-10,15,20H,2,11-14H2,1H3,(H,31,38)(H2,32,33,34,35,39)/t20-/m1/s1. The smallest absolute Gasteiger partial charge is 0.406 e. The molecule has 0 saturated carbocycles. The van der Waals surface area contributed by atoms with Gasteiger partial charge < -0.3 is 15.0 Å². The van der Waals surface area contributed by atoms with Crippen LogP contribution in [0.4, 0.5) is 32.7 Å². The minimum Gasteiger partial charge on any atom is -0.406 e. The van der Waals surface area contributed by atoms with Gasteiger partial charge in [-0.2, -0.15) is 4.31 Å². The number of H-pyrrole nitrogens is 1. The van der Waals surface area contributed by atoms with Gasteiger partial charge in [-0.15, -0.1) is 18.3 Å². The SMILES string of the molecule is CCC(F)(F)c1ccc(CNC(=O)[C@H]2CN(C(=O)Nc3nc[nH]n3)CCN2S(=O)(=O)c2ccc(OC(F)(F)F)cc2)cc1. The van der Waals surface area contributed by atoms with Gasteiger partial charge in [0.2, 0.25) is 21.9 Å². The van der Waals surface area contributed by atoms with Crippen LogP contribution in [0.3, 0.4) is 0 Å². The van der Waals surface area contributed by atoms with E-state index in [9.17, 15) is 40.0 Å². The maximum Gasteiger partial charge on any atom is 0.573 e. The minimum atomic E-state index is -4.98. The number of carbonyl (C=O) groups excluding carboxylic acids is 2. The molecule has 0 radical (unpaired) electrons. The van der Waals surface area contributed by atoms with Gasteiger partial charge in [0.1, 0.15) is 18.1 Å². The van der Waals surface area contributed by atoms with Crippen molar-refractivity contribution >= 4 is 27.9 Å². The van der Waals surface area contributed by atoms with E-state index in [1.165, 1.54) is 42.4 Å². The Hall–Kier alpha value is -4.32. The van der Waals surface area contributed by atoms with E-state index >= 15 is 0 Å². The molecule has 1 atom stereocenters. The van der Waals surface area contributed by atoms with Gasteiger partial charge in [-0.25, -0.2) is 27.0 Å². The van der Waals surface area contributed by atoms with E-state index in [2.05, 4.69) is 30.6 Å². The predicted molar refractivity (Wildman–Crippen MR) is 140 cm³/mol. The molecule has 0 spiro atoms. The van der Waals surface area contributed by atoms with Gasteiger partial charge >= 0.3 is 12.4 Å². The molecule has 43 heavy (non-hydrogen) atoms. The topological polar surface area (TPSA) is 150 Å². The summed E-state index contributed by atoms with van der Waals surface area (Å²) in [5, 5.41) is 11.1. The Bertz CT molecular complexity index is 1520. The van der Waals surface area contributed by atoms with E-state index in [4.69, 9.17) is 0 Å². The van der Waals surface area contributed by atoms with Crippen LogP contribution < -0.4 is 15.4 Å². The second-order valence-electron chi connectivity index (χ2n) is 9.32. The monoisotopic (exact) mass is 631 g/mol. The fourth-order valence-electron chi connectivity index (χ4n) is 4.22. The van der Waals surface area contributed by atoms with E-state index in [1.54, 1.807) is 0 Å². The summed E-state index contributed by atoms with van der Waals surface area (Å²) in [6.45, 7) is 0.301. The Morgan fingerprint density at radius 2 is 1.72 bits per heavy atom. The normalized spacial score (nSPS) is 16.5. The number of aromatic amines is 1. The largest absolute Gasteiger partial charge is 0.573 e. The highest BCUT2D eigenvalue weighted by molar-refractivity contribution is 7.89. The summed E-state index contributed by atoms with van der Waals surface area (Å²) in [6, 6.07) is 6.52. The molecule has 3 N–H and O–H groups in total. The Kier molecular flexibility index (Phi) is 9.19. The number of amides is 3. The number of ether oxygens (including phenoxy) is 1. The number of anilines is 1. The number of rotatable bonds is 9. The first kappa shape index (κ1) is 31.6. The second-order valence-corrected chi connectivity index (χ2v) is 11.2. The van der Waals surface area contributed by atoms with Crippen LogP contribution in [0.1, 0.15) is 24.5 Å². The molecule has 1 saturated heterocycles. The number of sulfonamides is 1. The first-order valence-corrected chi connectivity index (χ1v) is 14.2. The highest BCUT2D eigenvalue weighted by Crippen LogP contribution is 2.31. The number of urea groups is 1. The van der Waals surface area contributed by atoms with Gasteiger partial charge in [-0.3, -0.25) is 15.2 Å². The molecule has 1 aliphatic rings. The van der Waals surface area contributed by atoms with Crippen molar-refractivity contribution in [3.8, 4) is 5.75 Å². The van der Waals surface area contributed by atoms with E-state index in [-0.39, 0.29) is 31.1 Å². The number of carbonyl (C=O) groups is 2. The molecule has 0 aliphatic carbocycles. The van der Waals surface area contributed by atoms with Crippen LogP contribution >= 0.6 is 0 Å². The lowest BCUT2D eigenvalue weighted by Crippen LogP contribution is -2.61. The highest BCUT2D eigenvalue weighted by atomic mass is 32.2. The lowest BCUT2D eigenvalue weighted by atomic mass is 10.0. The predicted octanol–water partition coefficient (Wildman–Crippen LogP) is 3.43. The fourth-order valence-corrected chi connectivity index (χ4v) is 5.79. The van der Waals surface area contributed by atoms with Crippen LogP contribution in [0.2, 0.25) is 0 Å². The number of benzene rings is 2. The molecule has 2 aromatic carbocycles. The number of aromatic nitrogens is 3. The summed E-state index contributed by atoms with van der Waals surface area (Å²) in [4.78, 5) is 30.7. The maximum absolute atomic E-state index is 13.9. The zero-order valence-electron chi connectivity index (χ0n) is 22.4. The zero-order chi connectivity index (χ0) is 31.4. The van der Waals surface area contributed by atoms with Crippen LogP contribution in [-0.2, 0) is 27.3 Å². The van der Waals surface area contributed by atoms with Crippen molar-refractivity contribution in [3.05, 3.63) is 66.0 Å². The Morgan fingerprint density at radius 3 is 2.30 bits per heavy atom. The third-order valence-corrected chi connectivity index (χ3v) is 8.43. The summed E-state index contributed by atoms with van der Waals surface area (Å²) < 4.78 is 97.2. The minimum absolute atomic E-state index is 0.0562. The van der Waals surface area contributed by atoms with Crippen molar-refractivity contribution in [2.24, 2.45) is 0 Å². The summed E-state index contributed by atoms with van der Waals surface area (Å²) in [6.07, 6.45) is -4.16. The van der Waals surface area contributed by atoms with Crippen molar-refractivity contribution < 1.29 is 44.7 Å². The molecule has 1 aromatic heterocycles. The first-order valence-electron chi connectivity index (χ1n) is 12.7. The molecule has 3 amide bonds. The molecule has 232 valence electrons. The van der Waals surface area contributed by atoms with Gasteiger partial charge in [-0.1, -0.05) is 31.2 Å². The van der Waals surface area contributed by atoms with Crippen molar-refractivity contribution in [1.82, 2.24) is 29.7 Å². The fraction of sp³-hybridized carbons (Fsp3) is 0.360. The summed E-state index contributed by atoms with van der Waals surface area (Å²) in [5.41, 5.74) is 0.253. The number of alkyl halides is 5. The number of nitrogens with one attached hydrogen (secondary N) is 3. The lowest BCUT2D eigenvalue weighted by Gasteiger charge is -2.39. The maximum atomic E-state index is 13.9. The van der Waals surface area contributed by atoms with Gasteiger partial charge in [-0.05, 0) is 29.8 Å². The van der Waals surface area contributed by atoms with E-state index in [1.807, 2.05) is 0 Å². The first-order chi connectivity index (χ1) is 20.2. The van der Waals surface area contributed by atoms with Crippen LogP contribution in [-0.4, -0.2) is 76.8 Å². The molecule has 1 fully saturated rings. The van der Waals surface area contributed by atoms with E-state index in [0.29, 0.717) is 5.56 Å². The average Bonchev–Trinajstić information content (AvgIpc) is 3.48. The summed E-state index contributed by atoms with van der Waals surface area (Å²) in [7, 11) is -4.46. The zero-order valence-corrected chi connectivity index (χ0v) is 23.3. The summed E-state index contributed by atoms with van der Waals surface area (Å²) in [5.74, 6) is -4.53. The van der Waals surface area contributed by atoms with Crippen molar-refractivity contribution in [2.45, 2.75) is 43.1 Å². The molecule has 12 nitrogen and oxygen atoms in total. The Labute approximate surface area is 242 Å². The second kappa shape index (κ2) is 12.5. The molecule has 1 aliphatic heterocycles. The summed E-state index contributed by atoms with van der Waals surface area (Å²) >= 11 is 0. The number of halogens is 5. The number of hydrogen-bond acceptors (Lipinski definition) is 7. The molecular weight excluding hydrogens is 605 g/mol. The van der Waals surface area contributed by atoms with Crippen molar-refractivity contribution in [3.63, 3.8) is 0 Å². The third-order valence-electron chi connectivity index (χ3n) is 6.51.